The van der Waals surface area contributed by atoms with E-state index in [1.807, 2.05) is 37.4 Å². The van der Waals surface area contributed by atoms with Crippen LogP contribution in [0.3, 0.4) is 0 Å². The van der Waals surface area contributed by atoms with Gasteiger partial charge in [-0.15, -0.1) is 0 Å². The van der Waals surface area contributed by atoms with Crippen molar-refractivity contribution in [2.45, 2.75) is 6.92 Å². The highest BCUT2D eigenvalue weighted by atomic mass is 14.7. The number of nitrogens with zero attached hydrogens (tertiary/aromatic N) is 2. The fourth-order valence-electron chi connectivity index (χ4n) is 1.08. The summed E-state index contributed by atoms with van der Waals surface area (Å²) in [5.41, 5.74) is 3.08. The lowest BCUT2D eigenvalue weighted by Gasteiger charge is -2.00. The molecular formula is C12H14N2. The van der Waals surface area contributed by atoms with Gasteiger partial charge in [-0.25, -0.2) is 0 Å². The molecule has 0 amide bonds. The van der Waals surface area contributed by atoms with E-state index in [2.05, 4.69) is 16.6 Å². The van der Waals surface area contributed by atoms with Crippen molar-refractivity contribution < 1.29 is 0 Å². The predicted octanol–water partition coefficient (Wildman–Crippen LogP) is 2.74. The monoisotopic (exact) mass is 186 g/mol. The van der Waals surface area contributed by atoms with E-state index in [9.17, 15) is 0 Å². The Kier molecular flexibility index (Phi) is 3.80. The molecule has 0 spiro atoms. The molecule has 0 bridgehead atoms. The van der Waals surface area contributed by atoms with E-state index in [0.717, 1.165) is 16.8 Å². The number of allylic oxidation sites excluding steroid dienone is 3. The maximum Gasteiger partial charge on any atom is 0.0346 e. The number of aromatic nitrogens is 1. The van der Waals surface area contributed by atoms with Gasteiger partial charge in [-0.2, -0.15) is 0 Å². The van der Waals surface area contributed by atoms with Crippen LogP contribution in [0, 0.1) is 0 Å². The van der Waals surface area contributed by atoms with Gasteiger partial charge in [0.2, 0.25) is 0 Å². The van der Waals surface area contributed by atoms with Crippen molar-refractivity contribution in [3.05, 3.63) is 48.8 Å². The zero-order chi connectivity index (χ0) is 10.4. The minimum atomic E-state index is 0.976. The molecule has 0 N–H and O–H groups in total. The average molecular weight is 186 g/mol. The summed E-state index contributed by atoms with van der Waals surface area (Å²) in [5, 5.41) is 0. The van der Waals surface area contributed by atoms with Crippen LogP contribution in [0.1, 0.15) is 12.5 Å². The second-order valence-electron chi connectivity index (χ2n) is 2.91. The van der Waals surface area contributed by atoms with Crippen LogP contribution in [-0.2, 0) is 0 Å². The number of hydrogen-bond donors (Lipinski definition) is 0. The van der Waals surface area contributed by atoms with Gasteiger partial charge in [0.1, 0.15) is 0 Å². The Labute approximate surface area is 84.7 Å². The molecule has 0 aliphatic heterocycles. The quantitative estimate of drug-likeness (QED) is 0.526. The Balaban J connectivity index is 3.05. The normalized spacial score (nSPS) is 12.7. The molecule has 1 heterocycles. The van der Waals surface area contributed by atoms with Crippen molar-refractivity contribution in [3.8, 4) is 0 Å². The molecule has 0 radical (unpaired) electrons. The summed E-state index contributed by atoms with van der Waals surface area (Å²) in [7, 11) is 1.77. The van der Waals surface area contributed by atoms with Gasteiger partial charge in [-0.3, -0.25) is 9.98 Å². The molecule has 0 aliphatic rings. The highest BCUT2D eigenvalue weighted by Gasteiger charge is 1.96. The summed E-state index contributed by atoms with van der Waals surface area (Å²) >= 11 is 0. The Hall–Kier alpha value is -1.70. The number of hydrogen-bond acceptors (Lipinski definition) is 2. The Morgan fingerprint density at radius 2 is 2.36 bits per heavy atom. The first-order chi connectivity index (χ1) is 6.77. The molecule has 0 saturated heterocycles. The molecule has 0 aromatic carbocycles. The van der Waals surface area contributed by atoms with Crippen LogP contribution in [0.4, 0.5) is 0 Å². The lowest BCUT2D eigenvalue weighted by atomic mass is 10.1. The molecule has 1 aromatic rings. The van der Waals surface area contributed by atoms with Gasteiger partial charge in [0, 0.05) is 30.7 Å². The maximum atomic E-state index is 4.07. The maximum absolute atomic E-state index is 4.07. The summed E-state index contributed by atoms with van der Waals surface area (Å²) in [6.45, 7) is 5.73. The predicted molar refractivity (Wildman–Crippen MR) is 61.4 cm³/mol. The Morgan fingerprint density at radius 3 is 2.86 bits per heavy atom. The molecule has 1 aromatic heterocycles. The number of rotatable bonds is 3. The van der Waals surface area contributed by atoms with E-state index in [0.29, 0.717) is 0 Å². The van der Waals surface area contributed by atoms with Crippen LogP contribution in [0.2, 0.25) is 0 Å². The van der Waals surface area contributed by atoms with Gasteiger partial charge < -0.3 is 0 Å². The first kappa shape index (κ1) is 10.4. The Morgan fingerprint density at radius 1 is 1.57 bits per heavy atom. The second kappa shape index (κ2) is 5.12. The lowest BCUT2D eigenvalue weighted by molar-refractivity contribution is 1.31. The van der Waals surface area contributed by atoms with Gasteiger partial charge >= 0.3 is 0 Å². The van der Waals surface area contributed by atoms with Crippen LogP contribution in [-0.4, -0.2) is 17.7 Å². The van der Waals surface area contributed by atoms with Crippen LogP contribution in [0.5, 0.6) is 0 Å². The van der Waals surface area contributed by atoms with Crippen LogP contribution in [0.25, 0.3) is 5.57 Å². The van der Waals surface area contributed by atoms with Crippen LogP contribution >= 0.6 is 0 Å². The summed E-state index contributed by atoms with van der Waals surface area (Å²) in [6, 6.07) is 3.91. The lowest BCUT2D eigenvalue weighted by Crippen LogP contribution is -1.88. The van der Waals surface area contributed by atoms with E-state index in [1.165, 1.54) is 0 Å². The third-order valence-electron chi connectivity index (χ3n) is 1.93. The van der Waals surface area contributed by atoms with Crippen molar-refractivity contribution in [1.29, 1.82) is 0 Å². The Bertz CT molecular complexity index is 361. The molecule has 2 heteroatoms. The summed E-state index contributed by atoms with van der Waals surface area (Å²) in [5.74, 6) is 0. The molecule has 14 heavy (non-hydrogen) atoms. The van der Waals surface area contributed by atoms with Crippen LogP contribution in [0.15, 0.2) is 48.2 Å². The van der Waals surface area contributed by atoms with Crippen molar-refractivity contribution in [3.63, 3.8) is 0 Å². The van der Waals surface area contributed by atoms with Crippen LogP contribution < -0.4 is 0 Å². The topological polar surface area (TPSA) is 25.2 Å². The average Bonchev–Trinajstić information content (AvgIpc) is 2.26. The minimum Gasteiger partial charge on any atom is -0.293 e. The smallest absolute Gasteiger partial charge is 0.0346 e. The zero-order valence-corrected chi connectivity index (χ0v) is 8.57. The zero-order valence-electron chi connectivity index (χ0n) is 8.57. The summed E-state index contributed by atoms with van der Waals surface area (Å²) in [4.78, 5) is 8.13. The number of aliphatic imine (C=N–C) groups is 1. The fourth-order valence-corrected chi connectivity index (χ4v) is 1.08. The minimum absolute atomic E-state index is 0.976. The first-order valence-corrected chi connectivity index (χ1v) is 4.46. The standard InChI is InChI=1S/C12H14N2/c1-4-11(8-10(2)13-3)12-6-5-7-14-9-12/h4-9H,1H2,2-3H3/b11-8+,13-10-. The van der Waals surface area contributed by atoms with E-state index in [-0.39, 0.29) is 0 Å². The van der Waals surface area contributed by atoms with E-state index in [1.54, 1.807) is 13.2 Å². The van der Waals surface area contributed by atoms with Gasteiger partial charge in [0.05, 0.1) is 0 Å². The SMILES string of the molecule is C=C/C(=C\C(C)=N/C)c1cccnc1. The molecule has 0 atom stereocenters. The van der Waals surface area contributed by atoms with E-state index < -0.39 is 0 Å². The summed E-state index contributed by atoms with van der Waals surface area (Å²) < 4.78 is 0. The molecule has 0 fully saturated rings. The van der Waals surface area contributed by atoms with E-state index in [4.69, 9.17) is 0 Å². The molecule has 0 aliphatic carbocycles. The van der Waals surface area contributed by atoms with Gasteiger partial charge in [0.25, 0.3) is 0 Å². The van der Waals surface area contributed by atoms with Gasteiger partial charge in [0.15, 0.2) is 0 Å². The first-order valence-electron chi connectivity index (χ1n) is 4.46. The third kappa shape index (κ3) is 2.66. The van der Waals surface area contributed by atoms with Crippen molar-refractivity contribution >= 4 is 11.3 Å². The molecular weight excluding hydrogens is 172 g/mol. The molecule has 0 saturated carbocycles. The largest absolute Gasteiger partial charge is 0.293 e. The van der Waals surface area contributed by atoms with Gasteiger partial charge in [-0.1, -0.05) is 18.7 Å². The highest BCUT2D eigenvalue weighted by molar-refractivity contribution is 6.00. The highest BCUT2D eigenvalue weighted by Crippen LogP contribution is 2.13. The molecule has 1 rings (SSSR count). The second-order valence-corrected chi connectivity index (χ2v) is 2.91. The number of pyridine rings is 1. The van der Waals surface area contributed by atoms with Crippen molar-refractivity contribution in [2.75, 3.05) is 7.05 Å². The van der Waals surface area contributed by atoms with Crippen molar-refractivity contribution in [2.24, 2.45) is 4.99 Å². The summed E-state index contributed by atoms with van der Waals surface area (Å²) in [6.07, 6.45) is 7.37. The molecule has 72 valence electrons. The fraction of sp³-hybridized carbons (Fsp3) is 0.167. The van der Waals surface area contributed by atoms with Gasteiger partial charge in [-0.05, 0) is 24.6 Å². The molecule has 0 unspecified atom stereocenters. The molecule has 2 nitrogen and oxygen atoms in total. The van der Waals surface area contributed by atoms with E-state index >= 15 is 0 Å². The third-order valence-corrected chi connectivity index (χ3v) is 1.93. The van der Waals surface area contributed by atoms with Crippen molar-refractivity contribution in [1.82, 2.24) is 4.98 Å².